The minimum absolute atomic E-state index is 0.245. The van der Waals surface area contributed by atoms with E-state index in [0.717, 1.165) is 11.3 Å². The molecule has 8 heteroatoms. The van der Waals surface area contributed by atoms with Crippen LogP contribution in [0, 0.1) is 0 Å². The minimum atomic E-state index is -1.20. The molecule has 2 aromatic rings. The Balaban J connectivity index is 2.04. The summed E-state index contributed by atoms with van der Waals surface area (Å²) >= 11 is 5.72. The monoisotopic (exact) mass is 374 g/mol. The zero-order chi connectivity index (χ0) is 18.9. The summed E-state index contributed by atoms with van der Waals surface area (Å²) in [5, 5.41) is 12.6. The quantitative estimate of drug-likeness (QED) is 0.372. The van der Waals surface area contributed by atoms with Gasteiger partial charge in [0.15, 0.2) is 0 Å². The predicted molar refractivity (Wildman–Crippen MR) is 101 cm³/mol. The molecular formula is C18H19ClN4O3. The molecule has 2 rings (SSSR count). The highest BCUT2D eigenvalue weighted by Crippen LogP contribution is 2.13. The molecule has 0 amide bonds. The summed E-state index contributed by atoms with van der Waals surface area (Å²) < 4.78 is 5.11. The summed E-state index contributed by atoms with van der Waals surface area (Å²) in [6, 6.07) is 10.8. The summed E-state index contributed by atoms with van der Waals surface area (Å²) in [6.07, 6.45) is 2.90. The Morgan fingerprint density at radius 1 is 1.35 bits per heavy atom. The van der Waals surface area contributed by atoms with E-state index in [1.54, 1.807) is 19.2 Å². The zero-order valence-electron chi connectivity index (χ0n) is 14.1. The third-order valence-electron chi connectivity index (χ3n) is 3.46. The number of hydrogen-bond acceptors (Lipinski definition) is 6. The van der Waals surface area contributed by atoms with Crippen LogP contribution >= 0.6 is 11.6 Å². The van der Waals surface area contributed by atoms with E-state index in [-0.39, 0.29) is 12.2 Å². The number of pyridine rings is 1. The van der Waals surface area contributed by atoms with Gasteiger partial charge in [-0.15, -0.1) is 0 Å². The number of carboxylic acids is 1. The normalized spacial score (nSPS) is 12.1. The molecule has 1 heterocycles. The fourth-order valence-electron chi connectivity index (χ4n) is 2.03. The van der Waals surface area contributed by atoms with Crippen molar-refractivity contribution in [1.29, 1.82) is 0 Å². The van der Waals surface area contributed by atoms with Gasteiger partial charge in [0.2, 0.25) is 0 Å². The van der Waals surface area contributed by atoms with Crippen LogP contribution in [0.15, 0.2) is 58.9 Å². The number of methoxy groups -OCH3 is 1. The predicted octanol–water partition coefficient (Wildman–Crippen LogP) is 2.53. The maximum Gasteiger partial charge on any atom is 0.352 e. The van der Waals surface area contributed by atoms with Crippen molar-refractivity contribution in [3.63, 3.8) is 0 Å². The summed E-state index contributed by atoms with van der Waals surface area (Å²) in [6.45, 7) is 0.783. The first-order valence-corrected chi connectivity index (χ1v) is 8.08. The maximum absolute atomic E-state index is 11.2. The Labute approximate surface area is 156 Å². The van der Waals surface area contributed by atoms with Crippen molar-refractivity contribution >= 4 is 29.5 Å². The molecule has 1 aromatic heterocycles. The topological polar surface area (TPSA) is 110 Å². The van der Waals surface area contributed by atoms with Crippen LogP contribution in [0.5, 0.6) is 5.75 Å². The molecule has 0 atom stereocenters. The highest BCUT2D eigenvalue weighted by atomic mass is 35.5. The lowest BCUT2D eigenvalue weighted by atomic mass is 10.2. The first-order valence-electron chi connectivity index (χ1n) is 7.70. The zero-order valence-corrected chi connectivity index (χ0v) is 14.9. The molecule has 0 radical (unpaired) electrons. The number of aromatic nitrogens is 1. The summed E-state index contributed by atoms with van der Waals surface area (Å²) in [4.78, 5) is 19.3. The van der Waals surface area contributed by atoms with Gasteiger partial charge in [0, 0.05) is 24.9 Å². The minimum Gasteiger partial charge on any atom is -0.497 e. The van der Waals surface area contributed by atoms with Gasteiger partial charge in [-0.05, 0) is 29.8 Å². The van der Waals surface area contributed by atoms with Crippen LogP contribution in [-0.4, -0.2) is 35.9 Å². The Kier molecular flexibility index (Phi) is 7.13. The van der Waals surface area contributed by atoms with E-state index < -0.39 is 5.97 Å². The molecule has 7 nitrogen and oxygen atoms in total. The average molecular weight is 375 g/mol. The second-order valence-electron chi connectivity index (χ2n) is 5.29. The van der Waals surface area contributed by atoms with Crippen molar-refractivity contribution in [2.24, 2.45) is 10.7 Å². The van der Waals surface area contributed by atoms with Gasteiger partial charge in [0.05, 0.1) is 19.0 Å². The lowest BCUT2D eigenvalue weighted by Crippen LogP contribution is -2.23. The molecule has 0 aliphatic carbocycles. The molecule has 0 saturated carbocycles. The SMILES string of the molecule is COc1ccc(CNC/C(C=Nc2ccc(Cl)nc2)=C(/N)C(=O)O)cc1. The van der Waals surface area contributed by atoms with Crippen LogP contribution in [0.1, 0.15) is 5.56 Å². The molecule has 26 heavy (non-hydrogen) atoms. The number of rotatable bonds is 8. The highest BCUT2D eigenvalue weighted by molar-refractivity contribution is 6.29. The Bertz CT molecular complexity index is 802. The molecule has 0 unspecified atom stereocenters. The van der Waals surface area contributed by atoms with Crippen molar-refractivity contribution in [3.05, 3.63) is 64.6 Å². The van der Waals surface area contributed by atoms with Crippen molar-refractivity contribution < 1.29 is 14.6 Å². The molecule has 136 valence electrons. The lowest BCUT2D eigenvalue weighted by Gasteiger charge is -2.08. The van der Waals surface area contributed by atoms with Crippen LogP contribution < -0.4 is 15.8 Å². The molecule has 0 saturated heterocycles. The van der Waals surface area contributed by atoms with E-state index in [1.165, 1.54) is 12.4 Å². The van der Waals surface area contributed by atoms with Crippen LogP contribution in [0.2, 0.25) is 5.15 Å². The first kappa shape index (κ1) is 19.4. The van der Waals surface area contributed by atoms with Crippen molar-refractivity contribution in [2.75, 3.05) is 13.7 Å². The molecule has 0 aliphatic heterocycles. The second-order valence-corrected chi connectivity index (χ2v) is 5.68. The van der Waals surface area contributed by atoms with Crippen LogP contribution in [-0.2, 0) is 11.3 Å². The van der Waals surface area contributed by atoms with Gasteiger partial charge in [-0.1, -0.05) is 23.7 Å². The number of aliphatic carboxylic acids is 1. The van der Waals surface area contributed by atoms with Crippen molar-refractivity contribution in [2.45, 2.75) is 6.54 Å². The second kappa shape index (κ2) is 9.55. The van der Waals surface area contributed by atoms with Gasteiger partial charge >= 0.3 is 5.97 Å². The molecular weight excluding hydrogens is 356 g/mol. The van der Waals surface area contributed by atoms with Crippen LogP contribution in [0.3, 0.4) is 0 Å². The standard InChI is InChI=1S/C18H19ClN4O3/c1-26-15-5-2-12(3-6-15)8-21-9-13(17(20)18(24)25)10-22-14-4-7-16(19)23-11-14/h2-7,10-11,21H,8-9,20H2,1H3,(H,24,25)/b17-13-,22-10?. The van der Waals surface area contributed by atoms with Gasteiger partial charge in [-0.25, -0.2) is 9.78 Å². The van der Waals surface area contributed by atoms with E-state index >= 15 is 0 Å². The Hall–Kier alpha value is -2.90. The average Bonchev–Trinajstić information content (AvgIpc) is 2.65. The smallest absolute Gasteiger partial charge is 0.352 e. The number of nitrogens with zero attached hydrogens (tertiary/aromatic N) is 2. The molecule has 0 fully saturated rings. The van der Waals surface area contributed by atoms with Crippen LogP contribution in [0.4, 0.5) is 5.69 Å². The first-order chi connectivity index (χ1) is 12.5. The van der Waals surface area contributed by atoms with Crippen molar-refractivity contribution in [1.82, 2.24) is 10.3 Å². The summed E-state index contributed by atoms with van der Waals surface area (Å²) in [5.74, 6) is -0.430. The van der Waals surface area contributed by atoms with E-state index in [9.17, 15) is 4.79 Å². The summed E-state index contributed by atoms with van der Waals surface area (Å²) in [7, 11) is 1.61. The van der Waals surface area contributed by atoms with E-state index in [0.29, 0.717) is 23.0 Å². The number of carbonyl (C=O) groups is 1. The van der Waals surface area contributed by atoms with Gasteiger partial charge in [0.25, 0.3) is 0 Å². The Morgan fingerprint density at radius 2 is 2.08 bits per heavy atom. The highest BCUT2D eigenvalue weighted by Gasteiger charge is 2.09. The third kappa shape index (κ3) is 5.87. The summed E-state index contributed by atoms with van der Waals surface area (Å²) in [5.41, 5.74) is 7.33. The van der Waals surface area contributed by atoms with E-state index in [2.05, 4.69) is 15.3 Å². The van der Waals surface area contributed by atoms with E-state index in [1.807, 2.05) is 24.3 Å². The fourth-order valence-corrected chi connectivity index (χ4v) is 2.14. The molecule has 1 aromatic carbocycles. The number of aliphatic imine (C=N–C) groups is 1. The Morgan fingerprint density at radius 3 is 2.65 bits per heavy atom. The number of nitrogens with one attached hydrogen (secondary N) is 1. The third-order valence-corrected chi connectivity index (χ3v) is 3.68. The number of hydrogen-bond donors (Lipinski definition) is 3. The van der Waals surface area contributed by atoms with Gasteiger partial charge in [-0.2, -0.15) is 0 Å². The molecule has 4 N–H and O–H groups in total. The molecule has 0 bridgehead atoms. The molecule has 0 spiro atoms. The largest absolute Gasteiger partial charge is 0.497 e. The van der Waals surface area contributed by atoms with Crippen molar-refractivity contribution in [3.8, 4) is 5.75 Å². The maximum atomic E-state index is 11.2. The number of halogens is 1. The number of benzene rings is 1. The number of ether oxygens (including phenoxy) is 1. The van der Waals surface area contributed by atoms with Gasteiger partial charge < -0.3 is 20.9 Å². The fraction of sp³-hybridized carbons (Fsp3) is 0.167. The lowest BCUT2D eigenvalue weighted by molar-refractivity contribution is -0.132. The molecule has 0 aliphatic rings. The van der Waals surface area contributed by atoms with Gasteiger partial charge in [0.1, 0.15) is 16.6 Å². The van der Waals surface area contributed by atoms with Crippen LogP contribution in [0.25, 0.3) is 0 Å². The number of carboxylic acid groups (broad SMARTS) is 1. The van der Waals surface area contributed by atoms with E-state index in [4.69, 9.17) is 27.2 Å². The number of nitrogens with two attached hydrogens (primary N) is 1. The van der Waals surface area contributed by atoms with Gasteiger partial charge in [-0.3, -0.25) is 4.99 Å².